The van der Waals surface area contributed by atoms with E-state index in [1.54, 1.807) is 18.2 Å². The van der Waals surface area contributed by atoms with Gasteiger partial charge in [-0.2, -0.15) is 0 Å². The lowest BCUT2D eigenvalue weighted by molar-refractivity contribution is -0.210. The number of carbonyl (C=O) groups is 2. The van der Waals surface area contributed by atoms with Gasteiger partial charge in [-0.3, -0.25) is 14.6 Å². The van der Waals surface area contributed by atoms with E-state index in [-0.39, 0.29) is 11.8 Å². The van der Waals surface area contributed by atoms with Crippen LogP contribution in [-0.4, -0.2) is 29.9 Å². The Labute approximate surface area is 207 Å². The predicted octanol–water partition coefficient (Wildman–Crippen LogP) is 6.10. The van der Waals surface area contributed by atoms with Gasteiger partial charge in [-0.1, -0.05) is 78.9 Å². The summed E-state index contributed by atoms with van der Waals surface area (Å²) < 4.78 is 0. The molecule has 0 aliphatic heterocycles. The van der Waals surface area contributed by atoms with Crippen molar-refractivity contribution in [1.29, 1.82) is 0 Å². The summed E-state index contributed by atoms with van der Waals surface area (Å²) in [5.41, 5.74) is 3.56. The van der Waals surface area contributed by atoms with Crippen LogP contribution in [0, 0.1) is 0 Å². The van der Waals surface area contributed by atoms with Crippen LogP contribution in [-0.2, 0) is 20.9 Å². The average molecular weight is 472 g/mol. The van der Waals surface area contributed by atoms with Gasteiger partial charge in [-0.25, -0.2) is 4.79 Å². The van der Waals surface area contributed by atoms with Crippen molar-refractivity contribution in [2.24, 2.45) is 0 Å². The number of hydrogen-bond acceptors (Lipinski definition) is 4. The summed E-state index contributed by atoms with van der Waals surface area (Å²) >= 11 is 0. The Balaban J connectivity index is 1.65. The van der Waals surface area contributed by atoms with Crippen molar-refractivity contribution in [3.8, 4) is 5.75 Å². The molecule has 3 aromatic rings. The van der Waals surface area contributed by atoms with Crippen LogP contribution in [0.4, 0.5) is 0 Å². The molecule has 5 nitrogen and oxygen atoms in total. The molecule has 3 aromatic carbocycles. The van der Waals surface area contributed by atoms with Gasteiger partial charge in [0.05, 0.1) is 0 Å². The van der Waals surface area contributed by atoms with Gasteiger partial charge in [-0.15, -0.1) is 0 Å². The molecule has 35 heavy (non-hydrogen) atoms. The highest BCUT2D eigenvalue weighted by molar-refractivity contribution is 5.87. The summed E-state index contributed by atoms with van der Waals surface area (Å²) in [4.78, 5) is 35.4. The summed E-state index contributed by atoms with van der Waals surface area (Å²) in [5, 5.41) is 0. The third kappa shape index (κ3) is 8.45. The van der Waals surface area contributed by atoms with Crippen LogP contribution < -0.4 is 4.89 Å². The Kier molecular flexibility index (Phi) is 10.1. The first-order valence-corrected chi connectivity index (χ1v) is 12.0. The zero-order valence-corrected chi connectivity index (χ0v) is 20.4. The molecule has 0 saturated heterocycles. The van der Waals surface area contributed by atoms with Crippen molar-refractivity contribution >= 4 is 11.9 Å². The van der Waals surface area contributed by atoms with Crippen molar-refractivity contribution in [3.63, 3.8) is 0 Å². The predicted molar refractivity (Wildman–Crippen MR) is 138 cm³/mol. The van der Waals surface area contributed by atoms with Crippen molar-refractivity contribution in [2.45, 2.75) is 39.0 Å². The third-order valence-corrected chi connectivity index (χ3v) is 5.76. The molecule has 0 bridgehead atoms. The molecule has 0 aromatic heterocycles. The molecule has 0 heterocycles. The molecule has 0 fully saturated rings. The molecule has 0 atom stereocenters. The number of rotatable bonds is 12. The monoisotopic (exact) mass is 471 g/mol. The molecule has 5 heteroatoms. The Bertz CT molecular complexity index is 1060. The summed E-state index contributed by atoms with van der Waals surface area (Å²) in [5.74, 6) is 0.221. The Morgan fingerprint density at radius 2 is 1.54 bits per heavy atom. The molecule has 0 saturated carbocycles. The van der Waals surface area contributed by atoms with E-state index in [1.165, 1.54) is 18.1 Å². The minimum Gasteiger partial charge on any atom is -0.339 e. The van der Waals surface area contributed by atoms with Crippen LogP contribution in [0.5, 0.6) is 5.75 Å². The standard InChI is InChI=1S/C30H33NO4/c1-3-12-30(33)31(21-11-14-25-13-10-19-28(23-25)35-34-24(2)32)22-20-29(26-15-6-4-7-16-26)27-17-8-5-9-18-27/h3-10,12-13,15-19,23,29H,11,14,20-22H2,1-2H3. The second kappa shape index (κ2) is 13.8. The largest absolute Gasteiger partial charge is 0.352 e. The highest BCUT2D eigenvalue weighted by atomic mass is 17.2. The Morgan fingerprint density at radius 3 is 2.14 bits per heavy atom. The second-order valence-electron chi connectivity index (χ2n) is 8.40. The van der Waals surface area contributed by atoms with E-state index in [2.05, 4.69) is 53.4 Å². The second-order valence-corrected chi connectivity index (χ2v) is 8.40. The van der Waals surface area contributed by atoms with Gasteiger partial charge in [0.1, 0.15) is 0 Å². The number of carbonyl (C=O) groups excluding carboxylic acids is 2. The molecule has 0 spiro atoms. The van der Waals surface area contributed by atoms with Gasteiger partial charge in [0.2, 0.25) is 5.91 Å². The average Bonchev–Trinajstić information content (AvgIpc) is 2.88. The lowest BCUT2D eigenvalue weighted by Gasteiger charge is -2.25. The zero-order chi connectivity index (χ0) is 24.9. The topological polar surface area (TPSA) is 55.8 Å². The summed E-state index contributed by atoms with van der Waals surface area (Å²) in [6.45, 7) is 4.46. The van der Waals surface area contributed by atoms with E-state index in [9.17, 15) is 9.59 Å². The van der Waals surface area contributed by atoms with Crippen molar-refractivity contribution in [1.82, 2.24) is 4.90 Å². The van der Waals surface area contributed by atoms with Crippen LogP contribution in [0.1, 0.15) is 49.3 Å². The molecule has 3 rings (SSSR count). The fraction of sp³-hybridized carbons (Fsp3) is 0.267. The Hall–Kier alpha value is -3.86. The Morgan fingerprint density at radius 1 is 0.886 bits per heavy atom. The summed E-state index contributed by atoms with van der Waals surface area (Å²) in [7, 11) is 0. The molecule has 1 amide bonds. The van der Waals surface area contributed by atoms with Crippen LogP contribution in [0.2, 0.25) is 0 Å². The molecule has 0 radical (unpaired) electrons. The minimum absolute atomic E-state index is 0.0271. The maximum absolute atomic E-state index is 12.8. The quantitative estimate of drug-likeness (QED) is 0.182. The molecule has 0 aliphatic rings. The lowest BCUT2D eigenvalue weighted by Crippen LogP contribution is -2.32. The molecular weight excluding hydrogens is 438 g/mol. The number of allylic oxidation sites excluding steroid dienone is 1. The summed E-state index contributed by atoms with van der Waals surface area (Å²) in [6, 6.07) is 28.4. The first kappa shape index (κ1) is 25.8. The van der Waals surface area contributed by atoms with Crippen LogP contribution in [0.3, 0.4) is 0 Å². The van der Waals surface area contributed by atoms with E-state index >= 15 is 0 Å². The van der Waals surface area contributed by atoms with Gasteiger partial charge in [0.25, 0.3) is 0 Å². The number of amides is 1. The van der Waals surface area contributed by atoms with E-state index in [1.807, 2.05) is 42.2 Å². The highest BCUT2D eigenvalue weighted by Gasteiger charge is 2.18. The number of hydrogen-bond donors (Lipinski definition) is 0. The van der Waals surface area contributed by atoms with Gasteiger partial charge in [0, 0.05) is 25.9 Å². The number of aryl methyl sites for hydroxylation is 1. The molecule has 182 valence electrons. The number of nitrogens with zero attached hydrogens (tertiary/aromatic N) is 1. The molecule has 0 N–H and O–H groups in total. The van der Waals surface area contributed by atoms with Crippen LogP contribution in [0.15, 0.2) is 97.1 Å². The van der Waals surface area contributed by atoms with Gasteiger partial charge >= 0.3 is 5.97 Å². The SMILES string of the molecule is CC=CC(=O)N(CCCc1cccc(OOC(C)=O)c1)CCC(c1ccccc1)c1ccccc1. The first-order valence-electron chi connectivity index (χ1n) is 12.0. The van der Waals surface area contributed by atoms with Crippen LogP contribution >= 0.6 is 0 Å². The smallest absolute Gasteiger partial charge is 0.339 e. The molecule has 0 unspecified atom stereocenters. The minimum atomic E-state index is -0.502. The van der Waals surface area contributed by atoms with Gasteiger partial charge in [-0.05, 0) is 61.1 Å². The van der Waals surface area contributed by atoms with E-state index in [0.29, 0.717) is 18.8 Å². The van der Waals surface area contributed by atoms with Crippen molar-refractivity contribution in [3.05, 3.63) is 114 Å². The van der Waals surface area contributed by atoms with E-state index in [4.69, 9.17) is 4.89 Å². The van der Waals surface area contributed by atoms with Crippen molar-refractivity contribution < 1.29 is 19.4 Å². The third-order valence-electron chi connectivity index (χ3n) is 5.76. The first-order chi connectivity index (χ1) is 17.1. The molecule has 0 aliphatic carbocycles. The maximum Gasteiger partial charge on any atom is 0.352 e. The van der Waals surface area contributed by atoms with Crippen molar-refractivity contribution in [2.75, 3.05) is 13.1 Å². The highest BCUT2D eigenvalue weighted by Crippen LogP contribution is 2.28. The van der Waals surface area contributed by atoms with Crippen LogP contribution in [0.25, 0.3) is 0 Å². The van der Waals surface area contributed by atoms with Gasteiger partial charge < -0.3 is 4.90 Å². The fourth-order valence-corrected chi connectivity index (χ4v) is 4.10. The fourth-order valence-electron chi connectivity index (χ4n) is 4.10. The normalized spacial score (nSPS) is 10.9. The zero-order valence-electron chi connectivity index (χ0n) is 20.4. The maximum atomic E-state index is 12.8. The van der Waals surface area contributed by atoms with E-state index in [0.717, 1.165) is 24.8 Å². The number of benzene rings is 3. The summed E-state index contributed by atoms with van der Waals surface area (Å²) in [6.07, 6.45) is 5.84. The van der Waals surface area contributed by atoms with E-state index < -0.39 is 5.97 Å². The molecular formula is C30H33NO4. The lowest BCUT2D eigenvalue weighted by atomic mass is 9.88. The van der Waals surface area contributed by atoms with Gasteiger partial charge in [0.15, 0.2) is 5.75 Å².